The number of methoxy groups -OCH3 is 1. The van der Waals surface area contributed by atoms with Gasteiger partial charge in [0.25, 0.3) is 0 Å². The van der Waals surface area contributed by atoms with Gasteiger partial charge in [-0.15, -0.1) is 5.10 Å². The summed E-state index contributed by atoms with van der Waals surface area (Å²) in [5, 5.41) is 12.3. The van der Waals surface area contributed by atoms with Crippen LogP contribution in [0, 0.1) is 0 Å². The normalized spacial score (nSPS) is 10.9. The van der Waals surface area contributed by atoms with Crippen molar-refractivity contribution in [2.24, 2.45) is 0 Å². The van der Waals surface area contributed by atoms with E-state index in [2.05, 4.69) is 15.5 Å². The predicted molar refractivity (Wildman–Crippen MR) is 78.4 cm³/mol. The van der Waals surface area contributed by atoms with Gasteiger partial charge in [0.2, 0.25) is 0 Å². The molecule has 1 aromatic carbocycles. The highest BCUT2D eigenvalue weighted by Gasteiger charge is 2.10. The zero-order valence-electron chi connectivity index (χ0n) is 11.4. The lowest BCUT2D eigenvalue weighted by molar-refractivity contribution is 0.191. The summed E-state index contributed by atoms with van der Waals surface area (Å²) in [5.41, 5.74) is 7.20. The molecule has 0 fully saturated rings. The Kier molecular flexibility index (Phi) is 5.31. The molecule has 0 bridgehead atoms. The molecular weight excluding hydrogens is 278 g/mol. The van der Waals surface area contributed by atoms with E-state index in [1.807, 2.05) is 6.07 Å². The van der Waals surface area contributed by atoms with Crippen LogP contribution in [0.3, 0.4) is 0 Å². The second-order valence-electron chi connectivity index (χ2n) is 4.52. The Morgan fingerprint density at radius 2 is 2.15 bits per heavy atom. The fourth-order valence-electron chi connectivity index (χ4n) is 1.93. The average Bonchev–Trinajstić information content (AvgIpc) is 2.90. The summed E-state index contributed by atoms with van der Waals surface area (Å²) in [6.45, 7) is 1.56. The first-order chi connectivity index (χ1) is 9.72. The number of anilines is 1. The van der Waals surface area contributed by atoms with Crippen LogP contribution >= 0.6 is 11.6 Å². The van der Waals surface area contributed by atoms with E-state index in [-0.39, 0.29) is 0 Å². The zero-order chi connectivity index (χ0) is 14.4. The van der Waals surface area contributed by atoms with E-state index in [4.69, 9.17) is 22.1 Å². The van der Waals surface area contributed by atoms with Crippen LogP contribution in [0.2, 0.25) is 5.02 Å². The Hall–Kier alpha value is -1.66. The molecule has 0 atom stereocenters. The van der Waals surface area contributed by atoms with Crippen LogP contribution < -0.4 is 5.73 Å². The molecule has 2 rings (SSSR count). The minimum absolute atomic E-state index is 0.527. The van der Waals surface area contributed by atoms with Crippen molar-refractivity contribution >= 4 is 17.3 Å². The molecule has 6 nitrogen and oxygen atoms in total. The summed E-state index contributed by atoms with van der Waals surface area (Å²) in [4.78, 5) is 0. The number of benzene rings is 1. The van der Waals surface area contributed by atoms with Gasteiger partial charge in [0.1, 0.15) is 0 Å². The Balaban J connectivity index is 2.02. The number of nitrogens with zero attached hydrogens (tertiary/aromatic N) is 4. The molecule has 1 aromatic heterocycles. The maximum Gasteiger partial charge on any atom is 0.182 e. The fourth-order valence-corrected chi connectivity index (χ4v) is 2.05. The summed E-state index contributed by atoms with van der Waals surface area (Å²) in [6.07, 6.45) is 3.13. The average molecular weight is 296 g/mol. The maximum atomic E-state index is 5.92. The van der Waals surface area contributed by atoms with Crippen molar-refractivity contribution in [1.82, 2.24) is 20.2 Å². The van der Waals surface area contributed by atoms with Gasteiger partial charge in [-0.3, -0.25) is 0 Å². The lowest BCUT2D eigenvalue weighted by Gasteiger charge is -2.06. The molecule has 0 aliphatic carbocycles. The molecule has 0 aliphatic heterocycles. The molecule has 1 heterocycles. The minimum Gasteiger partial charge on any atom is -0.398 e. The van der Waals surface area contributed by atoms with Gasteiger partial charge >= 0.3 is 0 Å². The number of aromatic nitrogens is 4. The number of nitrogen functional groups attached to an aromatic ring is 1. The predicted octanol–water partition coefficient (Wildman–Crippen LogP) is 2.39. The monoisotopic (exact) mass is 295 g/mol. The quantitative estimate of drug-likeness (QED) is 0.627. The third-order valence-electron chi connectivity index (χ3n) is 3.00. The summed E-state index contributed by atoms with van der Waals surface area (Å²) < 4.78 is 6.81. The molecule has 0 saturated heterocycles. The van der Waals surface area contributed by atoms with Crippen LogP contribution in [0.4, 0.5) is 5.69 Å². The number of hydrogen-bond acceptors (Lipinski definition) is 5. The Morgan fingerprint density at radius 1 is 1.30 bits per heavy atom. The van der Waals surface area contributed by atoms with Crippen LogP contribution in [0.5, 0.6) is 0 Å². The van der Waals surface area contributed by atoms with E-state index in [0.29, 0.717) is 16.5 Å². The van der Waals surface area contributed by atoms with Gasteiger partial charge in [-0.2, -0.15) is 0 Å². The third-order valence-corrected chi connectivity index (χ3v) is 3.35. The number of tetrazole rings is 1. The van der Waals surface area contributed by atoms with Crippen LogP contribution in [0.25, 0.3) is 11.4 Å². The van der Waals surface area contributed by atoms with E-state index >= 15 is 0 Å². The van der Waals surface area contributed by atoms with Crippen molar-refractivity contribution in [2.75, 3.05) is 19.5 Å². The second-order valence-corrected chi connectivity index (χ2v) is 4.92. The summed E-state index contributed by atoms with van der Waals surface area (Å²) in [5.74, 6) is 0.708. The number of ether oxygens (including phenoxy) is 1. The molecule has 7 heteroatoms. The van der Waals surface area contributed by atoms with E-state index in [9.17, 15) is 0 Å². The summed E-state index contributed by atoms with van der Waals surface area (Å²) in [6, 6.07) is 5.41. The van der Waals surface area contributed by atoms with Crippen molar-refractivity contribution in [3.63, 3.8) is 0 Å². The van der Waals surface area contributed by atoms with E-state index in [1.54, 1.807) is 23.9 Å². The smallest absolute Gasteiger partial charge is 0.182 e. The van der Waals surface area contributed by atoms with Crippen molar-refractivity contribution in [2.45, 2.75) is 25.8 Å². The van der Waals surface area contributed by atoms with Crippen LogP contribution in [0.1, 0.15) is 19.3 Å². The molecule has 108 valence electrons. The number of hydrogen-bond donors (Lipinski definition) is 1. The first kappa shape index (κ1) is 14.7. The highest BCUT2D eigenvalue weighted by Crippen LogP contribution is 2.25. The molecule has 2 aromatic rings. The third kappa shape index (κ3) is 3.68. The van der Waals surface area contributed by atoms with Crippen LogP contribution in [-0.4, -0.2) is 33.9 Å². The summed E-state index contributed by atoms with van der Waals surface area (Å²) in [7, 11) is 1.71. The van der Waals surface area contributed by atoms with Crippen molar-refractivity contribution in [1.29, 1.82) is 0 Å². The highest BCUT2D eigenvalue weighted by molar-refractivity contribution is 6.33. The Labute approximate surface area is 122 Å². The SMILES string of the molecule is COCCCCCn1nnnc1-c1ccc(Cl)c(N)c1. The van der Waals surface area contributed by atoms with Crippen molar-refractivity contribution < 1.29 is 4.74 Å². The number of aryl methyl sites for hydroxylation is 1. The van der Waals surface area contributed by atoms with Gasteiger partial charge in [-0.25, -0.2) is 4.68 Å². The fraction of sp³-hybridized carbons (Fsp3) is 0.462. The highest BCUT2D eigenvalue weighted by atomic mass is 35.5. The lowest BCUT2D eigenvalue weighted by Crippen LogP contribution is -2.04. The van der Waals surface area contributed by atoms with Gasteiger partial charge in [-0.1, -0.05) is 11.6 Å². The van der Waals surface area contributed by atoms with E-state index < -0.39 is 0 Å². The molecule has 2 N–H and O–H groups in total. The van der Waals surface area contributed by atoms with Gasteiger partial charge < -0.3 is 10.5 Å². The molecule has 0 unspecified atom stereocenters. The molecule has 0 radical (unpaired) electrons. The molecule has 20 heavy (non-hydrogen) atoms. The van der Waals surface area contributed by atoms with Gasteiger partial charge in [-0.05, 0) is 47.9 Å². The number of rotatable bonds is 7. The summed E-state index contributed by atoms with van der Waals surface area (Å²) >= 11 is 5.92. The van der Waals surface area contributed by atoms with E-state index in [0.717, 1.165) is 38.0 Å². The zero-order valence-corrected chi connectivity index (χ0v) is 12.2. The standard InChI is InChI=1S/C13H18ClN5O/c1-20-8-4-2-3-7-19-13(16-17-18-19)10-5-6-11(14)12(15)9-10/h5-6,9H,2-4,7-8,15H2,1H3. The number of unbranched alkanes of at least 4 members (excludes halogenated alkanes) is 2. The Morgan fingerprint density at radius 3 is 2.90 bits per heavy atom. The molecular formula is C13H18ClN5O. The minimum atomic E-state index is 0.527. The van der Waals surface area contributed by atoms with Crippen LogP contribution in [0.15, 0.2) is 18.2 Å². The van der Waals surface area contributed by atoms with Gasteiger partial charge in [0.05, 0.1) is 10.7 Å². The molecule has 0 saturated carbocycles. The molecule has 0 amide bonds. The largest absolute Gasteiger partial charge is 0.398 e. The van der Waals surface area contributed by atoms with E-state index in [1.165, 1.54) is 0 Å². The van der Waals surface area contributed by atoms with Crippen LogP contribution in [-0.2, 0) is 11.3 Å². The maximum absolute atomic E-state index is 5.92. The van der Waals surface area contributed by atoms with Gasteiger partial charge in [0.15, 0.2) is 5.82 Å². The lowest BCUT2D eigenvalue weighted by atomic mass is 10.2. The first-order valence-electron chi connectivity index (χ1n) is 6.53. The number of halogens is 1. The topological polar surface area (TPSA) is 78.8 Å². The Bertz CT molecular complexity index is 557. The second kappa shape index (κ2) is 7.21. The van der Waals surface area contributed by atoms with Crippen molar-refractivity contribution in [3.05, 3.63) is 23.2 Å². The molecule has 0 aliphatic rings. The van der Waals surface area contributed by atoms with Gasteiger partial charge in [0, 0.05) is 25.8 Å². The van der Waals surface area contributed by atoms with Crippen molar-refractivity contribution in [3.8, 4) is 11.4 Å². The first-order valence-corrected chi connectivity index (χ1v) is 6.90. The molecule has 0 spiro atoms. The number of nitrogens with two attached hydrogens (primary N) is 1.